The molecule has 0 unspecified atom stereocenters. The number of rotatable bonds is 5. The van der Waals surface area contributed by atoms with E-state index in [-0.39, 0.29) is 17.3 Å². The Morgan fingerprint density at radius 1 is 0.964 bits per heavy atom. The lowest BCUT2D eigenvalue weighted by atomic mass is 10.1. The summed E-state index contributed by atoms with van der Waals surface area (Å²) >= 11 is 5.88. The van der Waals surface area contributed by atoms with Crippen molar-refractivity contribution < 1.29 is 18.0 Å². The molecule has 28 heavy (non-hydrogen) atoms. The third-order valence-corrected chi connectivity index (χ3v) is 4.98. The molecule has 1 saturated heterocycles. The molecule has 3 rings (SSSR count). The molecule has 0 aliphatic carbocycles. The van der Waals surface area contributed by atoms with Gasteiger partial charge in [-0.15, -0.1) is 0 Å². The van der Waals surface area contributed by atoms with Crippen molar-refractivity contribution in [1.82, 2.24) is 9.80 Å². The lowest BCUT2D eigenvalue weighted by Crippen LogP contribution is -2.48. The number of hydrogen-bond donors (Lipinski definition) is 1. The minimum atomic E-state index is -4.59. The van der Waals surface area contributed by atoms with E-state index >= 15 is 0 Å². The van der Waals surface area contributed by atoms with Gasteiger partial charge in [0, 0.05) is 32.7 Å². The maximum atomic E-state index is 13.1. The minimum Gasteiger partial charge on any atom is -0.323 e. The summed E-state index contributed by atoms with van der Waals surface area (Å²) in [6, 6.07) is 13.6. The Bertz CT molecular complexity index is 806. The van der Waals surface area contributed by atoms with Crippen LogP contribution in [0.25, 0.3) is 0 Å². The number of carbonyl (C=O) groups is 1. The summed E-state index contributed by atoms with van der Waals surface area (Å²) in [6.45, 7) is 3.81. The Hall–Kier alpha value is -2.09. The highest BCUT2D eigenvalue weighted by atomic mass is 35.5. The van der Waals surface area contributed by atoms with Gasteiger partial charge in [-0.05, 0) is 17.7 Å². The molecule has 4 nitrogen and oxygen atoms in total. The summed E-state index contributed by atoms with van der Waals surface area (Å²) in [5, 5.41) is 2.21. The predicted octanol–water partition coefficient (Wildman–Crippen LogP) is 4.12. The number of nitrogens with zero attached hydrogens (tertiary/aromatic N) is 2. The lowest BCUT2D eigenvalue weighted by Gasteiger charge is -2.34. The van der Waals surface area contributed by atoms with Crippen LogP contribution in [0.15, 0.2) is 48.5 Å². The van der Waals surface area contributed by atoms with Crippen LogP contribution in [0.2, 0.25) is 5.02 Å². The number of halogens is 4. The van der Waals surface area contributed by atoms with Gasteiger partial charge in [0.25, 0.3) is 0 Å². The first kappa shape index (κ1) is 20.6. The van der Waals surface area contributed by atoms with E-state index in [0.717, 1.165) is 25.7 Å². The molecule has 8 heteroatoms. The number of benzene rings is 2. The van der Waals surface area contributed by atoms with Gasteiger partial charge < -0.3 is 5.32 Å². The Labute approximate surface area is 166 Å². The number of hydrogen-bond acceptors (Lipinski definition) is 3. The van der Waals surface area contributed by atoms with Crippen LogP contribution in [0.5, 0.6) is 0 Å². The molecule has 1 heterocycles. The summed E-state index contributed by atoms with van der Waals surface area (Å²) in [5.41, 5.74) is -0.0995. The zero-order chi connectivity index (χ0) is 20.1. The maximum absolute atomic E-state index is 13.1. The molecule has 0 atom stereocenters. The zero-order valence-corrected chi connectivity index (χ0v) is 15.9. The molecule has 1 N–H and O–H groups in total. The van der Waals surface area contributed by atoms with Gasteiger partial charge in [0.1, 0.15) is 0 Å². The van der Waals surface area contributed by atoms with Crippen LogP contribution in [0.3, 0.4) is 0 Å². The Morgan fingerprint density at radius 2 is 1.61 bits per heavy atom. The fraction of sp³-hybridized carbons (Fsp3) is 0.350. The molecule has 2 aromatic carbocycles. The van der Waals surface area contributed by atoms with Crippen molar-refractivity contribution in [3.63, 3.8) is 0 Å². The minimum absolute atomic E-state index is 0.0295. The summed E-state index contributed by atoms with van der Waals surface area (Å²) in [4.78, 5) is 16.5. The van der Waals surface area contributed by atoms with Gasteiger partial charge in [0.2, 0.25) is 5.91 Å². The molecule has 0 aromatic heterocycles. The van der Waals surface area contributed by atoms with Crippen molar-refractivity contribution in [3.8, 4) is 0 Å². The molecule has 1 fully saturated rings. The van der Waals surface area contributed by atoms with Crippen LogP contribution < -0.4 is 5.32 Å². The molecular weight excluding hydrogens is 391 g/mol. The van der Waals surface area contributed by atoms with E-state index in [4.69, 9.17) is 11.6 Å². The molecular formula is C20H21ClF3N3O. The number of amides is 1. The van der Waals surface area contributed by atoms with Gasteiger partial charge in [-0.1, -0.05) is 48.0 Å². The third kappa shape index (κ3) is 5.47. The van der Waals surface area contributed by atoms with Crippen molar-refractivity contribution >= 4 is 23.2 Å². The average molecular weight is 412 g/mol. The number of para-hydroxylation sites is 1. The third-order valence-electron chi connectivity index (χ3n) is 4.66. The van der Waals surface area contributed by atoms with Gasteiger partial charge in [-0.2, -0.15) is 13.2 Å². The van der Waals surface area contributed by atoms with Crippen LogP contribution >= 0.6 is 11.6 Å². The highest BCUT2D eigenvalue weighted by Gasteiger charge is 2.35. The highest BCUT2D eigenvalue weighted by Crippen LogP contribution is 2.38. The van der Waals surface area contributed by atoms with E-state index in [9.17, 15) is 18.0 Å². The van der Waals surface area contributed by atoms with Crippen LogP contribution in [0.1, 0.15) is 11.1 Å². The molecule has 1 aliphatic rings. The van der Waals surface area contributed by atoms with E-state index in [1.165, 1.54) is 17.7 Å². The summed E-state index contributed by atoms with van der Waals surface area (Å²) in [5.74, 6) is -0.505. The smallest absolute Gasteiger partial charge is 0.323 e. The van der Waals surface area contributed by atoms with Crippen LogP contribution in [-0.4, -0.2) is 48.4 Å². The zero-order valence-electron chi connectivity index (χ0n) is 15.2. The molecule has 0 spiro atoms. The van der Waals surface area contributed by atoms with Crippen molar-refractivity contribution in [2.24, 2.45) is 0 Å². The van der Waals surface area contributed by atoms with E-state index < -0.39 is 17.6 Å². The molecule has 0 radical (unpaired) electrons. The Kier molecular flexibility index (Phi) is 6.59. The van der Waals surface area contributed by atoms with E-state index in [2.05, 4.69) is 22.3 Å². The van der Waals surface area contributed by atoms with Crippen molar-refractivity contribution in [2.45, 2.75) is 12.7 Å². The summed E-state index contributed by atoms with van der Waals surface area (Å²) in [6.07, 6.45) is -4.59. The summed E-state index contributed by atoms with van der Waals surface area (Å²) in [7, 11) is 0. The topological polar surface area (TPSA) is 35.6 Å². The van der Waals surface area contributed by atoms with Gasteiger partial charge in [0.15, 0.2) is 0 Å². The van der Waals surface area contributed by atoms with Gasteiger partial charge in [0.05, 0.1) is 22.8 Å². The van der Waals surface area contributed by atoms with Crippen LogP contribution in [0, 0.1) is 0 Å². The highest BCUT2D eigenvalue weighted by molar-refractivity contribution is 6.34. The Morgan fingerprint density at radius 3 is 2.25 bits per heavy atom. The van der Waals surface area contributed by atoms with E-state index in [1.807, 2.05) is 23.1 Å². The fourth-order valence-corrected chi connectivity index (χ4v) is 3.44. The van der Waals surface area contributed by atoms with E-state index in [1.54, 1.807) is 0 Å². The average Bonchev–Trinajstić information content (AvgIpc) is 2.65. The first-order valence-corrected chi connectivity index (χ1v) is 9.35. The van der Waals surface area contributed by atoms with Crippen molar-refractivity contribution in [2.75, 3.05) is 38.0 Å². The monoisotopic (exact) mass is 411 g/mol. The largest absolute Gasteiger partial charge is 0.418 e. The first-order valence-electron chi connectivity index (χ1n) is 8.97. The number of nitrogens with one attached hydrogen (secondary N) is 1. The number of piperazine rings is 1. The molecule has 0 bridgehead atoms. The number of alkyl halides is 3. The molecule has 0 saturated carbocycles. The Balaban J connectivity index is 1.53. The van der Waals surface area contributed by atoms with Crippen molar-refractivity contribution in [1.29, 1.82) is 0 Å². The molecule has 150 valence electrons. The molecule has 1 amide bonds. The summed E-state index contributed by atoms with van der Waals surface area (Å²) < 4.78 is 39.4. The predicted molar refractivity (Wildman–Crippen MR) is 103 cm³/mol. The number of carbonyl (C=O) groups excluding carboxylic acids is 1. The molecule has 1 aliphatic heterocycles. The SMILES string of the molecule is O=C(CN1CCN(Cc2ccccc2)CC1)Nc1c(Cl)cccc1C(F)(F)F. The van der Waals surface area contributed by atoms with Crippen molar-refractivity contribution in [3.05, 3.63) is 64.7 Å². The standard InChI is InChI=1S/C20H21ClF3N3O/c21-17-8-4-7-16(20(22,23)24)19(17)25-18(28)14-27-11-9-26(10-12-27)13-15-5-2-1-3-6-15/h1-8H,9-14H2,(H,25,28). The second-order valence-corrected chi connectivity index (χ2v) is 7.15. The fourth-order valence-electron chi connectivity index (χ4n) is 3.22. The van der Waals surface area contributed by atoms with Gasteiger partial charge in [-0.3, -0.25) is 14.6 Å². The normalized spacial score (nSPS) is 16.1. The first-order chi connectivity index (χ1) is 13.3. The number of anilines is 1. The molecule has 2 aromatic rings. The lowest BCUT2D eigenvalue weighted by molar-refractivity contribution is -0.137. The van der Waals surface area contributed by atoms with Gasteiger partial charge >= 0.3 is 6.18 Å². The van der Waals surface area contributed by atoms with Gasteiger partial charge in [-0.25, -0.2) is 0 Å². The quantitative estimate of drug-likeness (QED) is 0.804. The van der Waals surface area contributed by atoms with Crippen LogP contribution in [-0.2, 0) is 17.5 Å². The maximum Gasteiger partial charge on any atom is 0.418 e. The second-order valence-electron chi connectivity index (χ2n) is 6.75. The second kappa shape index (κ2) is 8.94. The van der Waals surface area contributed by atoms with E-state index in [0.29, 0.717) is 13.1 Å². The van der Waals surface area contributed by atoms with Crippen LogP contribution in [0.4, 0.5) is 18.9 Å².